The lowest BCUT2D eigenvalue weighted by atomic mass is 10.1. The van der Waals surface area contributed by atoms with E-state index in [-0.39, 0.29) is 11.7 Å². The van der Waals surface area contributed by atoms with Crippen molar-refractivity contribution in [1.29, 1.82) is 0 Å². The standard InChI is InChI=1S/C17H17FN2O3/c1-11(12-4-7-14(18)8-5-12)19-20-17(21)13-6-9-15(22-2)16(10-13)23-3/h4-10H,1-3H3,(H,20,21)/b19-11-. The second-order valence-electron chi connectivity index (χ2n) is 4.71. The highest BCUT2D eigenvalue weighted by atomic mass is 19.1. The monoisotopic (exact) mass is 316 g/mol. The van der Waals surface area contributed by atoms with Gasteiger partial charge < -0.3 is 9.47 Å². The first kappa shape index (κ1) is 16.5. The summed E-state index contributed by atoms with van der Waals surface area (Å²) in [5.74, 6) is 0.290. The Morgan fingerprint density at radius 3 is 2.22 bits per heavy atom. The number of carbonyl (C=O) groups excluding carboxylic acids is 1. The van der Waals surface area contributed by atoms with Crippen molar-refractivity contribution in [2.24, 2.45) is 5.10 Å². The number of amides is 1. The van der Waals surface area contributed by atoms with Crippen LogP contribution < -0.4 is 14.9 Å². The molecule has 0 aliphatic rings. The molecule has 23 heavy (non-hydrogen) atoms. The highest BCUT2D eigenvalue weighted by molar-refractivity contribution is 6.01. The third-order valence-corrected chi connectivity index (χ3v) is 3.23. The second kappa shape index (κ2) is 7.40. The maximum atomic E-state index is 12.9. The summed E-state index contributed by atoms with van der Waals surface area (Å²) >= 11 is 0. The van der Waals surface area contributed by atoms with Gasteiger partial charge in [-0.05, 0) is 42.8 Å². The van der Waals surface area contributed by atoms with Crippen LogP contribution in [0.3, 0.4) is 0 Å². The molecule has 5 nitrogen and oxygen atoms in total. The number of halogens is 1. The van der Waals surface area contributed by atoms with Crippen molar-refractivity contribution in [1.82, 2.24) is 5.43 Å². The number of carbonyl (C=O) groups is 1. The Balaban J connectivity index is 2.12. The Bertz CT molecular complexity index is 727. The van der Waals surface area contributed by atoms with Crippen LogP contribution in [0.2, 0.25) is 0 Å². The van der Waals surface area contributed by atoms with Crippen molar-refractivity contribution in [3.05, 3.63) is 59.4 Å². The van der Waals surface area contributed by atoms with E-state index in [1.165, 1.54) is 26.4 Å². The van der Waals surface area contributed by atoms with E-state index in [0.717, 1.165) is 5.56 Å². The van der Waals surface area contributed by atoms with E-state index in [9.17, 15) is 9.18 Å². The first-order valence-electron chi connectivity index (χ1n) is 6.87. The summed E-state index contributed by atoms with van der Waals surface area (Å²) in [7, 11) is 3.02. The Hall–Kier alpha value is -2.89. The third kappa shape index (κ3) is 4.06. The lowest BCUT2D eigenvalue weighted by molar-refractivity contribution is 0.0954. The number of hydrogen-bond donors (Lipinski definition) is 1. The molecule has 2 aromatic rings. The summed E-state index contributed by atoms with van der Waals surface area (Å²) in [6.07, 6.45) is 0. The fraction of sp³-hybridized carbons (Fsp3) is 0.176. The molecule has 0 radical (unpaired) electrons. The molecule has 0 bridgehead atoms. The van der Waals surface area contributed by atoms with E-state index in [0.29, 0.717) is 22.8 Å². The minimum atomic E-state index is -0.382. The fourth-order valence-electron chi connectivity index (χ4n) is 1.93. The summed E-state index contributed by atoms with van der Waals surface area (Å²) in [4.78, 5) is 12.1. The number of rotatable bonds is 5. The topological polar surface area (TPSA) is 59.9 Å². The SMILES string of the molecule is COc1ccc(C(=O)N/N=C(/C)c2ccc(F)cc2)cc1OC. The zero-order valence-corrected chi connectivity index (χ0v) is 13.1. The Labute approximate surface area is 133 Å². The summed E-state index contributed by atoms with van der Waals surface area (Å²) in [6.45, 7) is 1.72. The number of methoxy groups -OCH3 is 2. The molecule has 0 aliphatic carbocycles. The smallest absolute Gasteiger partial charge is 0.271 e. The molecule has 0 aliphatic heterocycles. The highest BCUT2D eigenvalue weighted by Gasteiger charge is 2.10. The molecule has 120 valence electrons. The van der Waals surface area contributed by atoms with Gasteiger partial charge in [-0.1, -0.05) is 12.1 Å². The first-order valence-corrected chi connectivity index (χ1v) is 6.87. The van der Waals surface area contributed by atoms with Crippen LogP contribution in [0, 0.1) is 5.82 Å². The average Bonchev–Trinajstić information content (AvgIpc) is 2.59. The second-order valence-corrected chi connectivity index (χ2v) is 4.71. The van der Waals surface area contributed by atoms with Crippen molar-refractivity contribution in [2.45, 2.75) is 6.92 Å². The number of hydrogen-bond acceptors (Lipinski definition) is 4. The summed E-state index contributed by atoms with van der Waals surface area (Å²) in [6, 6.07) is 10.7. The first-order chi connectivity index (χ1) is 11.0. The van der Waals surface area contributed by atoms with Crippen LogP contribution in [-0.4, -0.2) is 25.8 Å². The van der Waals surface area contributed by atoms with E-state index < -0.39 is 0 Å². The summed E-state index contributed by atoms with van der Waals surface area (Å²) in [5.41, 5.74) is 4.14. The molecule has 2 aromatic carbocycles. The molecule has 6 heteroatoms. The van der Waals surface area contributed by atoms with Gasteiger partial charge in [-0.3, -0.25) is 4.79 Å². The van der Waals surface area contributed by atoms with Gasteiger partial charge in [-0.25, -0.2) is 9.82 Å². The van der Waals surface area contributed by atoms with Crippen molar-refractivity contribution in [3.8, 4) is 11.5 Å². The maximum absolute atomic E-state index is 12.9. The van der Waals surface area contributed by atoms with Crippen molar-refractivity contribution in [2.75, 3.05) is 14.2 Å². The number of benzene rings is 2. The number of hydrazone groups is 1. The zero-order chi connectivity index (χ0) is 16.8. The van der Waals surface area contributed by atoms with Gasteiger partial charge >= 0.3 is 0 Å². The molecule has 0 unspecified atom stereocenters. The quantitative estimate of drug-likeness (QED) is 0.681. The van der Waals surface area contributed by atoms with Gasteiger partial charge in [0.25, 0.3) is 5.91 Å². The zero-order valence-electron chi connectivity index (χ0n) is 13.1. The third-order valence-electron chi connectivity index (χ3n) is 3.23. The van der Waals surface area contributed by atoms with Gasteiger partial charge in [-0.15, -0.1) is 0 Å². The van der Waals surface area contributed by atoms with Gasteiger partial charge in [0, 0.05) is 5.56 Å². The van der Waals surface area contributed by atoms with Crippen molar-refractivity contribution < 1.29 is 18.7 Å². The average molecular weight is 316 g/mol. The Morgan fingerprint density at radius 1 is 1.00 bits per heavy atom. The fourth-order valence-corrected chi connectivity index (χ4v) is 1.93. The van der Waals surface area contributed by atoms with Gasteiger partial charge in [0.05, 0.1) is 19.9 Å². The van der Waals surface area contributed by atoms with E-state index >= 15 is 0 Å². The minimum absolute atomic E-state index is 0.323. The number of nitrogens with one attached hydrogen (secondary N) is 1. The predicted octanol–water partition coefficient (Wildman–Crippen LogP) is 3.00. The van der Waals surface area contributed by atoms with Gasteiger partial charge in [0.2, 0.25) is 0 Å². The largest absolute Gasteiger partial charge is 0.493 e. The lowest BCUT2D eigenvalue weighted by Crippen LogP contribution is -2.19. The van der Waals surface area contributed by atoms with Crippen LogP contribution in [0.15, 0.2) is 47.6 Å². The Kier molecular flexibility index (Phi) is 5.30. The van der Waals surface area contributed by atoms with Crippen molar-refractivity contribution >= 4 is 11.6 Å². The highest BCUT2D eigenvalue weighted by Crippen LogP contribution is 2.27. The lowest BCUT2D eigenvalue weighted by Gasteiger charge is -2.09. The van der Waals surface area contributed by atoms with E-state index in [2.05, 4.69) is 10.5 Å². The van der Waals surface area contributed by atoms with E-state index in [1.54, 1.807) is 37.3 Å². The molecular formula is C17H17FN2O3. The molecule has 1 amide bonds. The van der Waals surface area contributed by atoms with E-state index in [1.807, 2.05) is 0 Å². The minimum Gasteiger partial charge on any atom is -0.493 e. The molecule has 2 rings (SSSR count). The maximum Gasteiger partial charge on any atom is 0.271 e. The molecule has 1 N–H and O–H groups in total. The molecule has 0 saturated heterocycles. The van der Waals surface area contributed by atoms with Crippen molar-refractivity contribution in [3.63, 3.8) is 0 Å². The van der Waals surface area contributed by atoms with Crippen LogP contribution >= 0.6 is 0 Å². The molecule has 0 heterocycles. The van der Waals surface area contributed by atoms with Crippen LogP contribution in [0.25, 0.3) is 0 Å². The molecule has 0 atom stereocenters. The molecule has 0 aromatic heterocycles. The van der Waals surface area contributed by atoms with Gasteiger partial charge in [0.15, 0.2) is 11.5 Å². The Morgan fingerprint density at radius 2 is 1.61 bits per heavy atom. The van der Waals surface area contributed by atoms with Crippen LogP contribution in [0.5, 0.6) is 11.5 Å². The van der Waals surface area contributed by atoms with Crippen LogP contribution in [0.4, 0.5) is 4.39 Å². The molecule has 0 spiro atoms. The number of nitrogens with zero attached hydrogens (tertiary/aromatic N) is 1. The van der Waals surface area contributed by atoms with Crippen LogP contribution in [0.1, 0.15) is 22.8 Å². The van der Waals surface area contributed by atoms with E-state index in [4.69, 9.17) is 9.47 Å². The predicted molar refractivity (Wildman–Crippen MR) is 85.6 cm³/mol. The normalized spacial score (nSPS) is 11.0. The molecular weight excluding hydrogens is 299 g/mol. The van der Waals surface area contributed by atoms with Gasteiger partial charge in [0.1, 0.15) is 5.82 Å². The number of ether oxygens (including phenoxy) is 2. The molecule has 0 fully saturated rings. The van der Waals surface area contributed by atoms with Gasteiger partial charge in [-0.2, -0.15) is 5.10 Å². The molecule has 0 saturated carbocycles. The summed E-state index contributed by atoms with van der Waals surface area (Å²) in [5, 5.41) is 4.02. The summed E-state index contributed by atoms with van der Waals surface area (Å²) < 4.78 is 23.2. The van der Waals surface area contributed by atoms with Crippen LogP contribution in [-0.2, 0) is 0 Å².